The summed E-state index contributed by atoms with van der Waals surface area (Å²) in [4.78, 5) is 0. The number of fused-ring (bicyclic) bond motifs is 1. The van der Waals surface area contributed by atoms with Crippen molar-refractivity contribution in [3.05, 3.63) is 53.1 Å². The Labute approximate surface area is 124 Å². The largest absolute Gasteiger partial charge is 0.491 e. The Kier molecular flexibility index (Phi) is 4.70. The van der Waals surface area contributed by atoms with Crippen molar-refractivity contribution >= 4 is 24.0 Å². The summed E-state index contributed by atoms with van der Waals surface area (Å²) in [6.45, 7) is 2.40. The van der Waals surface area contributed by atoms with E-state index < -0.39 is 0 Å². The number of ether oxygens (including phenoxy) is 1. The smallest absolute Gasteiger partial charge is 0.131 e. The molecular weight excluding hydrogens is 281 g/mol. The van der Waals surface area contributed by atoms with Gasteiger partial charge in [0, 0.05) is 34.8 Å². The number of nitrogens with one attached hydrogen (secondary N) is 1. The lowest BCUT2D eigenvalue weighted by atomic mass is 10.0. The van der Waals surface area contributed by atoms with Gasteiger partial charge in [0.25, 0.3) is 0 Å². The molecule has 0 aromatic heterocycles. The monoisotopic (exact) mass is 295 g/mol. The molecule has 0 unspecified atom stereocenters. The zero-order valence-corrected chi connectivity index (χ0v) is 11.9. The molecule has 0 fully saturated rings. The molecule has 0 bridgehead atoms. The van der Waals surface area contributed by atoms with E-state index in [4.69, 9.17) is 16.3 Å². The summed E-state index contributed by atoms with van der Waals surface area (Å²) in [6.07, 6.45) is 0. The highest BCUT2D eigenvalue weighted by molar-refractivity contribution is 6.33. The van der Waals surface area contributed by atoms with E-state index in [1.54, 1.807) is 0 Å². The van der Waals surface area contributed by atoms with Gasteiger partial charge in [0.2, 0.25) is 0 Å². The van der Waals surface area contributed by atoms with E-state index in [2.05, 4.69) is 17.4 Å². The lowest BCUT2D eigenvalue weighted by molar-refractivity contribution is 0.327. The van der Waals surface area contributed by atoms with Crippen molar-refractivity contribution in [1.29, 1.82) is 0 Å². The first-order valence-corrected chi connectivity index (χ1v) is 6.44. The minimum absolute atomic E-state index is 0. The molecule has 1 aliphatic heterocycles. The predicted octanol–water partition coefficient (Wildman–Crippen LogP) is 3.91. The highest BCUT2D eigenvalue weighted by Gasteiger charge is 2.15. The van der Waals surface area contributed by atoms with Crippen LogP contribution in [0.3, 0.4) is 0 Å². The van der Waals surface area contributed by atoms with Crippen LogP contribution in [0, 0.1) is 0 Å². The molecular formula is C15H15Cl2NO. The van der Waals surface area contributed by atoms with Gasteiger partial charge in [0.1, 0.15) is 12.4 Å². The maximum absolute atomic E-state index is 6.27. The van der Waals surface area contributed by atoms with Crippen molar-refractivity contribution < 1.29 is 4.74 Å². The third kappa shape index (κ3) is 2.86. The van der Waals surface area contributed by atoms with Gasteiger partial charge in [-0.3, -0.25) is 0 Å². The molecule has 0 aliphatic carbocycles. The second-order valence-corrected chi connectivity index (χ2v) is 4.71. The first-order chi connectivity index (χ1) is 8.86. The topological polar surface area (TPSA) is 21.3 Å². The lowest BCUT2D eigenvalue weighted by Gasteiger charge is -2.13. The Bertz CT molecular complexity index is 572. The van der Waals surface area contributed by atoms with Crippen molar-refractivity contribution in [1.82, 2.24) is 5.32 Å². The van der Waals surface area contributed by atoms with Crippen molar-refractivity contribution in [2.24, 2.45) is 0 Å². The number of hydrogen-bond acceptors (Lipinski definition) is 2. The minimum atomic E-state index is 0. The van der Waals surface area contributed by atoms with Crippen LogP contribution in [-0.2, 0) is 6.54 Å². The van der Waals surface area contributed by atoms with Crippen LogP contribution < -0.4 is 10.1 Å². The van der Waals surface area contributed by atoms with Gasteiger partial charge >= 0.3 is 0 Å². The Balaban J connectivity index is 0.00000133. The summed E-state index contributed by atoms with van der Waals surface area (Å²) in [6, 6.07) is 14.1. The second kappa shape index (κ2) is 6.29. The molecule has 0 atom stereocenters. The quantitative estimate of drug-likeness (QED) is 0.861. The lowest BCUT2D eigenvalue weighted by Crippen LogP contribution is -2.16. The number of rotatable bonds is 1. The van der Waals surface area contributed by atoms with Gasteiger partial charge < -0.3 is 10.1 Å². The molecule has 1 aliphatic rings. The molecule has 2 aromatic carbocycles. The van der Waals surface area contributed by atoms with Crippen LogP contribution in [0.2, 0.25) is 5.02 Å². The van der Waals surface area contributed by atoms with Gasteiger partial charge in [-0.25, -0.2) is 0 Å². The molecule has 0 radical (unpaired) electrons. The van der Waals surface area contributed by atoms with Crippen LogP contribution in [0.5, 0.6) is 5.75 Å². The average molecular weight is 296 g/mol. The van der Waals surface area contributed by atoms with E-state index in [1.165, 1.54) is 5.56 Å². The predicted molar refractivity (Wildman–Crippen MR) is 81.3 cm³/mol. The molecule has 2 nitrogen and oxygen atoms in total. The Hall–Kier alpha value is -1.22. The molecule has 2 aromatic rings. The van der Waals surface area contributed by atoms with Crippen LogP contribution >= 0.6 is 24.0 Å². The fourth-order valence-corrected chi connectivity index (χ4v) is 2.47. The SMILES string of the molecule is Cl.Clc1ccccc1-c1cccc2c1OCCNC2. The maximum atomic E-state index is 6.27. The fourth-order valence-electron chi connectivity index (χ4n) is 2.23. The third-order valence-electron chi connectivity index (χ3n) is 3.10. The molecule has 0 saturated heterocycles. The highest BCUT2D eigenvalue weighted by atomic mass is 35.5. The van der Waals surface area contributed by atoms with Crippen molar-refractivity contribution in [3.8, 4) is 16.9 Å². The number of para-hydroxylation sites is 1. The number of halogens is 2. The summed E-state index contributed by atoms with van der Waals surface area (Å²) in [7, 11) is 0. The van der Waals surface area contributed by atoms with Gasteiger partial charge in [-0.2, -0.15) is 0 Å². The Morgan fingerprint density at radius 3 is 2.63 bits per heavy atom. The van der Waals surface area contributed by atoms with Crippen LogP contribution in [0.15, 0.2) is 42.5 Å². The van der Waals surface area contributed by atoms with Gasteiger partial charge in [-0.05, 0) is 6.07 Å². The zero-order chi connectivity index (χ0) is 12.4. The third-order valence-corrected chi connectivity index (χ3v) is 3.43. The van der Waals surface area contributed by atoms with Crippen LogP contribution in [0.4, 0.5) is 0 Å². The molecule has 100 valence electrons. The number of benzene rings is 2. The average Bonchev–Trinajstić information content (AvgIpc) is 2.64. The zero-order valence-electron chi connectivity index (χ0n) is 10.4. The molecule has 0 saturated carbocycles. The number of hydrogen-bond donors (Lipinski definition) is 1. The van der Waals surface area contributed by atoms with E-state index in [9.17, 15) is 0 Å². The molecule has 1 heterocycles. The highest BCUT2D eigenvalue weighted by Crippen LogP contribution is 2.37. The normalized spacial score (nSPS) is 13.7. The summed E-state index contributed by atoms with van der Waals surface area (Å²) < 4.78 is 5.87. The Morgan fingerprint density at radius 2 is 1.79 bits per heavy atom. The summed E-state index contributed by atoms with van der Waals surface area (Å²) >= 11 is 6.27. The standard InChI is InChI=1S/C15H14ClNO.ClH/c16-14-7-2-1-5-12(14)13-6-3-4-11-10-17-8-9-18-15(11)13;/h1-7,17H,8-10H2;1H. The van der Waals surface area contributed by atoms with E-state index in [-0.39, 0.29) is 12.4 Å². The van der Waals surface area contributed by atoms with Crippen LogP contribution in [-0.4, -0.2) is 13.2 Å². The summed E-state index contributed by atoms with van der Waals surface area (Å²) in [5, 5.41) is 4.09. The van der Waals surface area contributed by atoms with Crippen molar-refractivity contribution in [2.75, 3.05) is 13.2 Å². The van der Waals surface area contributed by atoms with Gasteiger partial charge in [-0.1, -0.05) is 48.0 Å². The van der Waals surface area contributed by atoms with Gasteiger partial charge in [0.05, 0.1) is 0 Å². The molecule has 1 N–H and O–H groups in total. The van der Waals surface area contributed by atoms with Crippen molar-refractivity contribution in [3.63, 3.8) is 0 Å². The Morgan fingerprint density at radius 1 is 1.00 bits per heavy atom. The first-order valence-electron chi connectivity index (χ1n) is 6.06. The molecule has 0 spiro atoms. The van der Waals surface area contributed by atoms with Gasteiger partial charge in [0.15, 0.2) is 0 Å². The van der Waals surface area contributed by atoms with Crippen molar-refractivity contribution in [2.45, 2.75) is 6.54 Å². The van der Waals surface area contributed by atoms with E-state index >= 15 is 0 Å². The van der Waals surface area contributed by atoms with E-state index in [0.29, 0.717) is 6.61 Å². The summed E-state index contributed by atoms with van der Waals surface area (Å²) in [5.74, 6) is 0.954. The maximum Gasteiger partial charge on any atom is 0.131 e. The van der Waals surface area contributed by atoms with Gasteiger partial charge in [-0.15, -0.1) is 12.4 Å². The molecule has 19 heavy (non-hydrogen) atoms. The summed E-state index contributed by atoms with van der Waals surface area (Å²) in [5.41, 5.74) is 3.28. The molecule has 4 heteroatoms. The second-order valence-electron chi connectivity index (χ2n) is 4.30. The van der Waals surface area contributed by atoms with Crippen LogP contribution in [0.1, 0.15) is 5.56 Å². The fraction of sp³-hybridized carbons (Fsp3) is 0.200. The van der Waals surface area contributed by atoms with E-state index in [0.717, 1.165) is 35.0 Å². The minimum Gasteiger partial charge on any atom is -0.491 e. The molecule has 3 rings (SSSR count). The van der Waals surface area contributed by atoms with E-state index in [1.807, 2.05) is 30.3 Å². The van der Waals surface area contributed by atoms with Crippen LogP contribution in [0.25, 0.3) is 11.1 Å². The molecule has 0 amide bonds. The first kappa shape index (κ1) is 14.2.